The van der Waals surface area contributed by atoms with E-state index in [4.69, 9.17) is 17.3 Å². The lowest BCUT2D eigenvalue weighted by Gasteiger charge is -1.99. The molecule has 0 bridgehead atoms. The van der Waals surface area contributed by atoms with Crippen LogP contribution in [0.15, 0.2) is 24.3 Å². The van der Waals surface area contributed by atoms with Gasteiger partial charge in [-0.05, 0) is 30.2 Å². The molecule has 1 aromatic carbocycles. The molecule has 1 aliphatic rings. The summed E-state index contributed by atoms with van der Waals surface area (Å²) in [5.41, 5.74) is 6.60. The van der Waals surface area contributed by atoms with Crippen LogP contribution in [0.3, 0.4) is 0 Å². The molecule has 1 fully saturated rings. The van der Waals surface area contributed by atoms with E-state index in [2.05, 4.69) is 0 Å². The third-order valence-electron chi connectivity index (χ3n) is 3.12. The minimum atomic E-state index is -3.01. The van der Waals surface area contributed by atoms with Crippen LogP contribution in [0.25, 0.3) is 0 Å². The summed E-state index contributed by atoms with van der Waals surface area (Å²) in [7, 11) is -3.01. The first kappa shape index (κ1) is 11.9. The lowest BCUT2D eigenvalue weighted by Crippen LogP contribution is -2.11. The van der Waals surface area contributed by atoms with Gasteiger partial charge in [0.25, 0.3) is 0 Å². The van der Waals surface area contributed by atoms with Crippen molar-refractivity contribution in [3.05, 3.63) is 34.9 Å². The Morgan fingerprint density at radius 1 is 1.31 bits per heavy atom. The fourth-order valence-electron chi connectivity index (χ4n) is 2.33. The van der Waals surface area contributed by atoms with Crippen LogP contribution in [0, 0.1) is 5.92 Å². The average Bonchev–Trinajstić information content (AvgIpc) is 2.92. The second-order valence-electron chi connectivity index (χ2n) is 4.27. The quantitative estimate of drug-likeness (QED) is 0.893. The van der Waals surface area contributed by atoms with Gasteiger partial charge >= 0.3 is 0 Å². The van der Waals surface area contributed by atoms with Crippen molar-refractivity contribution in [2.75, 3.05) is 12.8 Å². The standard InChI is InChI=1S/C11H14ClNO2S/c1-16(14,15)11-9(6-13)10(11)7-2-4-8(12)5-3-7/h2-5,9-11H,6,13H2,1H3/t9-,10+,11-/m1/s1. The third kappa shape index (κ3) is 2.10. The predicted octanol–water partition coefficient (Wildman–Crippen LogP) is 1.43. The van der Waals surface area contributed by atoms with Crippen LogP contribution in [0.2, 0.25) is 5.02 Å². The van der Waals surface area contributed by atoms with Crippen LogP contribution in [-0.4, -0.2) is 26.5 Å². The molecule has 1 aromatic rings. The van der Waals surface area contributed by atoms with E-state index in [1.807, 2.05) is 12.1 Å². The fraction of sp³-hybridized carbons (Fsp3) is 0.455. The Labute approximate surface area is 101 Å². The van der Waals surface area contributed by atoms with Crippen molar-refractivity contribution in [1.82, 2.24) is 0 Å². The first-order valence-corrected chi connectivity index (χ1v) is 7.43. The number of sulfone groups is 1. The van der Waals surface area contributed by atoms with Crippen molar-refractivity contribution in [3.63, 3.8) is 0 Å². The number of hydrogen-bond donors (Lipinski definition) is 1. The van der Waals surface area contributed by atoms with E-state index in [0.29, 0.717) is 11.6 Å². The van der Waals surface area contributed by atoms with Gasteiger partial charge in [-0.1, -0.05) is 23.7 Å². The van der Waals surface area contributed by atoms with Gasteiger partial charge in [0, 0.05) is 17.2 Å². The fourth-order valence-corrected chi connectivity index (χ4v) is 4.17. The Morgan fingerprint density at radius 3 is 2.25 bits per heavy atom. The van der Waals surface area contributed by atoms with Crippen molar-refractivity contribution in [3.8, 4) is 0 Å². The van der Waals surface area contributed by atoms with Crippen LogP contribution in [0.4, 0.5) is 0 Å². The van der Waals surface area contributed by atoms with Crippen LogP contribution in [0.5, 0.6) is 0 Å². The first-order valence-electron chi connectivity index (χ1n) is 5.09. The number of benzene rings is 1. The van der Waals surface area contributed by atoms with Crippen molar-refractivity contribution in [1.29, 1.82) is 0 Å². The summed E-state index contributed by atoms with van der Waals surface area (Å²) in [6.45, 7) is 0.408. The van der Waals surface area contributed by atoms with Gasteiger partial charge in [-0.15, -0.1) is 0 Å². The second-order valence-corrected chi connectivity index (χ2v) is 6.91. The maximum Gasteiger partial charge on any atom is 0.151 e. The van der Waals surface area contributed by atoms with Crippen LogP contribution in [0.1, 0.15) is 11.5 Å². The molecule has 88 valence electrons. The van der Waals surface area contributed by atoms with E-state index < -0.39 is 9.84 Å². The van der Waals surface area contributed by atoms with Gasteiger partial charge in [0.15, 0.2) is 9.84 Å². The van der Waals surface area contributed by atoms with Crippen molar-refractivity contribution < 1.29 is 8.42 Å². The lowest BCUT2D eigenvalue weighted by molar-refractivity contribution is 0.597. The molecule has 3 nitrogen and oxygen atoms in total. The number of hydrogen-bond acceptors (Lipinski definition) is 3. The van der Waals surface area contributed by atoms with Crippen molar-refractivity contribution in [2.45, 2.75) is 11.2 Å². The molecule has 1 saturated carbocycles. The summed E-state index contributed by atoms with van der Waals surface area (Å²) in [5, 5.41) is 0.336. The summed E-state index contributed by atoms with van der Waals surface area (Å²) in [6.07, 6.45) is 1.27. The summed E-state index contributed by atoms with van der Waals surface area (Å²) in [4.78, 5) is 0. The minimum absolute atomic E-state index is 0.0391. The highest BCUT2D eigenvalue weighted by Crippen LogP contribution is 2.51. The minimum Gasteiger partial charge on any atom is -0.330 e. The van der Waals surface area contributed by atoms with Gasteiger partial charge in [0.1, 0.15) is 0 Å². The summed E-state index contributed by atoms with van der Waals surface area (Å²) in [5.74, 6) is 0.0912. The van der Waals surface area contributed by atoms with Gasteiger partial charge in [-0.2, -0.15) is 0 Å². The monoisotopic (exact) mass is 259 g/mol. The largest absolute Gasteiger partial charge is 0.330 e. The first-order chi connectivity index (χ1) is 7.45. The molecular formula is C11H14ClNO2S. The Morgan fingerprint density at radius 2 is 1.88 bits per heavy atom. The molecule has 0 unspecified atom stereocenters. The van der Waals surface area contributed by atoms with E-state index in [1.54, 1.807) is 12.1 Å². The highest BCUT2D eigenvalue weighted by Gasteiger charge is 2.55. The van der Waals surface area contributed by atoms with E-state index in [1.165, 1.54) is 6.26 Å². The van der Waals surface area contributed by atoms with Crippen LogP contribution >= 0.6 is 11.6 Å². The van der Waals surface area contributed by atoms with Crippen molar-refractivity contribution >= 4 is 21.4 Å². The molecule has 0 amide bonds. The van der Waals surface area contributed by atoms with E-state index in [9.17, 15) is 8.42 Å². The highest BCUT2D eigenvalue weighted by atomic mass is 35.5. The zero-order chi connectivity index (χ0) is 11.9. The Kier molecular flexibility index (Phi) is 2.99. The second kappa shape index (κ2) is 4.02. The Bertz CT molecular complexity index is 483. The number of nitrogens with two attached hydrogens (primary N) is 1. The maximum absolute atomic E-state index is 11.5. The van der Waals surface area contributed by atoms with Gasteiger partial charge in [0.2, 0.25) is 0 Å². The average molecular weight is 260 g/mol. The topological polar surface area (TPSA) is 60.2 Å². The normalized spacial score (nSPS) is 29.1. The molecule has 0 radical (unpaired) electrons. The molecule has 5 heteroatoms. The zero-order valence-corrected chi connectivity index (χ0v) is 10.5. The van der Waals surface area contributed by atoms with Gasteiger partial charge < -0.3 is 5.73 Å². The van der Waals surface area contributed by atoms with Gasteiger partial charge in [-0.3, -0.25) is 0 Å². The van der Waals surface area contributed by atoms with Gasteiger partial charge in [0.05, 0.1) is 5.25 Å². The molecule has 0 spiro atoms. The van der Waals surface area contributed by atoms with Crippen LogP contribution in [-0.2, 0) is 9.84 Å². The molecule has 1 aliphatic carbocycles. The summed E-state index contributed by atoms with van der Waals surface area (Å²) in [6, 6.07) is 7.31. The maximum atomic E-state index is 11.5. The third-order valence-corrected chi connectivity index (χ3v) is 5.00. The lowest BCUT2D eigenvalue weighted by atomic mass is 10.1. The SMILES string of the molecule is CS(=O)(=O)[C@@H]1[C@H](CN)[C@@H]1c1ccc(Cl)cc1. The zero-order valence-electron chi connectivity index (χ0n) is 8.93. The molecule has 2 rings (SSSR count). The predicted molar refractivity (Wildman–Crippen MR) is 65.4 cm³/mol. The smallest absolute Gasteiger partial charge is 0.151 e. The number of rotatable bonds is 3. The van der Waals surface area contributed by atoms with Crippen molar-refractivity contribution in [2.24, 2.45) is 11.7 Å². The molecule has 2 N–H and O–H groups in total. The van der Waals surface area contributed by atoms with E-state index >= 15 is 0 Å². The Balaban J connectivity index is 2.27. The molecule has 16 heavy (non-hydrogen) atoms. The molecule has 0 aromatic heterocycles. The summed E-state index contributed by atoms with van der Waals surface area (Å²) >= 11 is 5.79. The van der Waals surface area contributed by atoms with E-state index in [-0.39, 0.29) is 17.1 Å². The molecule has 0 heterocycles. The van der Waals surface area contributed by atoms with Crippen LogP contribution < -0.4 is 5.73 Å². The van der Waals surface area contributed by atoms with Gasteiger partial charge in [-0.25, -0.2) is 8.42 Å². The molecule has 3 atom stereocenters. The Hall–Kier alpha value is -0.580. The molecular weight excluding hydrogens is 246 g/mol. The van der Waals surface area contributed by atoms with E-state index in [0.717, 1.165) is 5.56 Å². The number of halogens is 1. The molecule has 0 aliphatic heterocycles. The molecule has 0 saturated heterocycles. The highest BCUT2D eigenvalue weighted by molar-refractivity contribution is 7.91. The summed E-state index contributed by atoms with van der Waals surface area (Å²) < 4.78 is 23.1.